The Hall–Kier alpha value is -0.940. The van der Waals surface area contributed by atoms with Crippen LogP contribution in [0.15, 0.2) is 12.1 Å². The minimum atomic E-state index is -1.62. The first-order chi connectivity index (χ1) is 7.76. The molecule has 0 bridgehead atoms. The van der Waals surface area contributed by atoms with Crippen LogP contribution in [0.2, 0.25) is 0 Å². The molecular formula is C10H5Cl2F3O2. The first kappa shape index (κ1) is 12.5. The Balaban J connectivity index is 2.41. The summed E-state index contributed by atoms with van der Waals surface area (Å²) in [5.74, 6) is -7.80. The van der Waals surface area contributed by atoms with Crippen molar-refractivity contribution in [2.45, 2.75) is 10.3 Å². The number of rotatable bonds is 2. The molecule has 1 aromatic rings. The Bertz CT molecular complexity index is 481. The van der Waals surface area contributed by atoms with Crippen LogP contribution in [0.1, 0.15) is 11.5 Å². The summed E-state index contributed by atoms with van der Waals surface area (Å²) in [5, 5.41) is 8.78. The van der Waals surface area contributed by atoms with E-state index in [1.165, 1.54) is 0 Å². The maximum absolute atomic E-state index is 13.0. The van der Waals surface area contributed by atoms with Gasteiger partial charge in [0.05, 0.1) is 5.92 Å². The van der Waals surface area contributed by atoms with Crippen molar-refractivity contribution >= 4 is 29.2 Å². The second-order valence-corrected chi connectivity index (χ2v) is 5.21. The van der Waals surface area contributed by atoms with Crippen LogP contribution in [-0.4, -0.2) is 15.4 Å². The fourth-order valence-corrected chi connectivity index (χ4v) is 2.62. The summed E-state index contributed by atoms with van der Waals surface area (Å²) in [4.78, 5) is 10.8. The fourth-order valence-electron chi connectivity index (χ4n) is 1.80. The molecule has 1 aliphatic carbocycles. The predicted octanol–water partition coefficient (Wildman–Crippen LogP) is 3.08. The topological polar surface area (TPSA) is 37.3 Å². The molecule has 0 radical (unpaired) electrons. The lowest BCUT2D eigenvalue weighted by atomic mass is 10.1. The van der Waals surface area contributed by atoms with Gasteiger partial charge in [-0.25, -0.2) is 13.2 Å². The summed E-state index contributed by atoms with van der Waals surface area (Å²) in [6.45, 7) is 0. The van der Waals surface area contributed by atoms with E-state index in [1.807, 2.05) is 0 Å². The van der Waals surface area contributed by atoms with Gasteiger partial charge in [-0.3, -0.25) is 4.79 Å². The Morgan fingerprint density at radius 1 is 1.24 bits per heavy atom. The lowest BCUT2D eigenvalue weighted by molar-refractivity contribution is -0.138. The van der Waals surface area contributed by atoms with Gasteiger partial charge < -0.3 is 5.11 Å². The Morgan fingerprint density at radius 2 is 1.71 bits per heavy atom. The summed E-state index contributed by atoms with van der Waals surface area (Å²) in [7, 11) is 0. The van der Waals surface area contributed by atoms with Crippen LogP contribution in [0.5, 0.6) is 0 Å². The van der Waals surface area contributed by atoms with E-state index in [2.05, 4.69) is 0 Å². The molecule has 0 heterocycles. The molecule has 1 saturated carbocycles. The molecule has 1 aliphatic rings. The number of carbonyl (C=O) groups is 1. The zero-order chi connectivity index (χ0) is 13.0. The normalized spacial score (nSPS) is 25.7. The van der Waals surface area contributed by atoms with E-state index < -0.39 is 39.6 Å². The number of hydrogen-bond donors (Lipinski definition) is 1. The van der Waals surface area contributed by atoms with Crippen LogP contribution in [-0.2, 0) is 4.79 Å². The number of alkyl halides is 2. The minimum Gasteiger partial charge on any atom is -0.481 e. The molecule has 2 atom stereocenters. The highest BCUT2D eigenvalue weighted by Gasteiger charge is 2.68. The third-order valence-corrected chi connectivity index (χ3v) is 3.63. The number of carboxylic acid groups (broad SMARTS) is 1. The van der Waals surface area contributed by atoms with Crippen LogP contribution in [0, 0.1) is 23.4 Å². The summed E-state index contributed by atoms with van der Waals surface area (Å²) >= 11 is 11.4. The number of carboxylic acids is 1. The number of benzene rings is 1. The van der Waals surface area contributed by atoms with E-state index in [9.17, 15) is 18.0 Å². The van der Waals surface area contributed by atoms with Crippen LogP contribution < -0.4 is 0 Å². The molecule has 1 aromatic carbocycles. The van der Waals surface area contributed by atoms with Crippen LogP contribution in [0.25, 0.3) is 0 Å². The molecule has 0 unspecified atom stereocenters. The van der Waals surface area contributed by atoms with Crippen molar-refractivity contribution in [2.24, 2.45) is 5.92 Å². The first-order valence-corrected chi connectivity index (χ1v) is 5.27. The van der Waals surface area contributed by atoms with E-state index in [4.69, 9.17) is 28.3 Å². The number of halogens is 5. The molecule has 7 heteroatoms. The summed E-state index contributed by atoms with van der Waals surface area (Å²) in [6, 6.07) is 1.40. The molecule has 2 nitrogen and oxygen atoms in total. The average molecular weight is 285 g/mol. The second kappa shape index (κ2) is 3.78. The molecule has 1 N–H and O–H groups in total. The van der Waals surface area contributed by atoms with E-state index in [-0.39, 0.29) is 5.56 Å². The van der Waals surface area contributed by atoms with Crippen LogP contribution >= 0.6 is 23.2 Å². The fraction of sp³-hybridized carbons (Fsp3) is 0.300. The smallest absolute Gasteiger partial charge is 0.310 e. The molecule has 0 amide bonds. The molecule has 0 spiro atoms. The van der Waals surface area contributed by atoms with Gasteiger partial charge in [-0.1, -0.05) is 23.2 Å². The molecule has 92 valence electrons. The molecule has 2 rings (SSSR count). The van der Waals surface area contributed by atoms with Gasteiger partial charge in [0.15, 0.2) is 17.5 Å². The Morgan fingerprint density at radius 3 is 2.06 bits per heavy atom. The molecule has 0 saturated heterocycles. The Labute approximate surface area is 104 Å². The van der Waals surface area contributed by atoms with Crippen molar-refractivity contribution < 1.29 is 23.1 Å². The molecule has 0 aromatic heterocycles. The molecule has 1 fully saturated rings. The second-order valence-electron chi connectivity index (χ2n) is 3.77. The van der Waals surface area contributed by atoms with Crippen molar-refractivity contribution in [2.75, 3.05) is 0 Å². The van der Waals surface area contributed by atoms with Crippen LogP contribution in [0.4, 0.5) is 13.2 Å². The van der Waals surface area contributed by atoms with Gasteiger partial charge in [-0.15, -0.1) is 0 Å². The highest BCUT2D eigenvalue weighted by atomic mass is 35.5. The minimum absolute atomic E-state index is 0.0706. The zero-order valence-electron chi connectivity index (χ0n) is 8.05. The number of hydrogen-bond acceptors (Lipinski definition) is 1. The molecule has 0 aliphatic heterocycles. The van der Waals surface area contributed by atoms with Gasteiger partial charge in [0, 0.05) is 5.92 Å². The average Bonchev–Trinajstić information content (AvgIpc) is 2.77. The Kier molecular flexibility index (Phi) is 2.78. The third kappa shape index (κ3) is 1.87. The van der Waals surface area contributed by atoms with Crippen molar-refractivity contribution in [3.05, 3.63) is 35.1 Å². The monoisotopic (exact) mass is 284 g/mol. The molecular weight excluding hydrogens is 280 g/mol. The summed E-state index contributed by atoms with van der Waals surface area (Å²) < 4.78 is 37.0. The van der Waals surface area contributed by atoms with Crippen LogP contribution in [0.3, 0.4) is 0 Å². The standard InChI is InChI=1S/C10H5Cl2F3O2/c11-10(12)6(7(10)9(16)17)3-1-4(13)8(15)5(14)2-3/h1-2,6-7H,(H,16,17)/t6-,7+/m1/s1. The maximum atomic E-state index is 13.0. The predicted molar refractivity (Wildman–Crippen MR) is 54.6 cm³/mol. The number of aliphatic carboxylic acids is 1. The van der Waals surface area contributed by atoms with Crippen molar-refractivity contribution in [1.82, 2.24) is 0 Å². The van der Waals surface area contributed by atoms with Crippen molar-refractivity contribution in [3.8, 4) is 0 Å². The van der Waals surface area contributed by atoms with E-state index in [0.29, 0.717) is 12.1 Å². The highest BCUT2D eigenvalue weighted by Crippen LogP contribution is 2.65. The summed E-state index contributed by atoms with van der Waals surface area (Å²) in [6.07, 6.45) is 0. The van der Waals surface area contributed by atoms with Crippen molar-refractivity contribution in [1.29, 1.82) is 0 Å². The van der Waals surface area contributed by atoms with Gasteiger partial charge in [0.2, 0.25) is 0 Å². The maximum Gasteiger partial charge on any atom is 0.310 e. The summed E-state index contributed by atoms with van der Waals surface area (Å²) in [5.41, 5.74) is -0.0706. The largest absolute Gasteiger partial charge is 0.481 e. The lowest BCUT2D eigenvalue weighted by Crippen LogP contribution is -2.03. The van der Waals surface area contributed by atoms with Gasteiger partial charge in [-0.05, 0) is 17.7 Å². The van der Waals surface area contributed by atoms with Crippen molar-refractivity contribution in [3.63, 3.8) is 0 Å². The SMILES string of the molecule is O=C(O)[C@@H]1[C@@H](c2cc(F)c(F)c(F)c2)C1(Cl)Cl. The van der Waals surface area contributed by atoms with Gasteiger partial charge in [0.1, 0.15) is 4.33 Å². The van der Waals surface area contributed by atoms with E-state index in [0.717, 1.165) is 0 Å². The van der Waals surface area contributed by atoms with E-state index in [1.54, 1.807) is 0 Å². The highest BCUT2D eigenvalue weighted by molar-refractivity contribution is 6.53. The first-order valence-electron chi connectivity index (χ1n) is 4.52. The van der Waals surface area contributed by atoms with Gasteiger partial charge in [-0.2, -0.15) is 0 Å². The quantitative estimate of drug-likeness (QED) is 0.669. The van der Waals surface area contributed by atoms with Gasteiger partial charge >= 0.3 is 5.97 Å². The molecule has 17 heavy (non-hydrogen) atoms. The third-order valence-electron chi connectivity index (χ3n) is 2.68. The van der Waals surface area contributed by atoms with E-state index >= 15 is 0 Å². The lowest BCUT2D eigenvalue weighted by Gasteiger charge is -2.02. The van der Waals surface area contributed by atoms with Gasteiger partial charge in [0.25, 0.3) is 0 Å². The zero-order valence-corrected chi connectivity index (χ0v) is 9.57.